The van der Waals surface area contributed by atoms with Crippen LogP contribution in [0.25, 0.3) is 21.9 Å². The van der Waals surface area contributed by atoms with Gasteiger partial charge in [-0.05, 0) is 18.2 Å². The van der Waals surface area contributed by atoms with Gasteiger partial charge >= 0.3 is 0 Å². The topological polar surface area (TPSA) is 92.3 Å². The maximum atomic E-state index is 4.43. The number of rotatable bonds is 2. The molecule has 7 nitrogen and oxygen atoms in total. The third kappa shape index (κ3) is 1.72. The van der Waals surface area contributed by atoms with Crippen LogP contribution in [0.4, 0.5) is 11.8 Å². The maximum Gasteiger partial charge on any atom is 0.230 e. The summed E-state index contributed by atoms with van der Waals surface area (Å²) < 4.78 is 0. The first-order valence-electron chi connectivity index (χ1n) is 6.03. The van der Waals surface area contributed by atoms with E-state index in [1.54, 1.807) is 36.9 Å². The van der Waals surface area contributed by atoms with Crippen LogP contribution in [0.1, 0.15) is 0 Å². The van der Waals surface area contributed by atoms with Crippen LogP contribution in [0, 0.1) is 0 Å². The molecule has 0 aliphatic heterocycles. The second-order valence-corrected chi connectivity index (χ2v) is 4.24. The molecule has 0 atom stereocenters. The van der Waals surface area contributed by atoms with Gasteiger partial charge in [-0.3, -0.25) is 4.98 Å². The summed E-state index contributed by atoms with van der Waals surface area (Å²) in [6.07, 6.45) is 6.91. The maximum absolute atomic E-state index is 4.43. The van der Waals surface area contributed by atoms with E-state index < -0.39 is 0 Å². The number of H-pyrrole nitrogens is 1. The number of fused-ring (bicyclic) bond motifs is 3. The van der Waals surface area contributed by atoms with Crippen molar-refractivity contribution >= 4 is 33.7 Å². The molecule has 0 saturated carbocycles. The lowest BCUT2D eigenvalue weighted by molar-refractivity contribution is 1.03. The summed E-state index contributed by atoms with van der Waals surface area (Å²) in [5, 5.41) is 12.8. The van der Waals surface area contributed by atoms with Crippen LogP contribution in [-0.4, -0.2) is 30.1 Å². The van der Waals surface area contributed by atoms with Crippen LogP contribution >= 0.6 is 0 Å². The average Bonchev–Trinajstić information content (AvgIpc) is 2.86. The molecule has 20 heavy (non-hydrogen) atoms. The van der Waals surface area contributed by atoms with Crippen molar-refractivity contribution < 1.29 is 0 Å². The Morgan fingerprint density at radius 1 is 1.05 bits per heavy atom. The second-order valence-electron chi connectivity index (χ2n) is 4.24. The molecule has 0 spiro atoms. The Hall–Kier alpha value is -3.09. The highest BCUT2D eigenvalue weighted by Crippen LogP contribution is 2.23. The molecule has 0 amide bonds. The number of aromatic amines is 1. The fraction of sp³-hybridized carbons (Fsp3) is 0. The summed E-state index contributed by atoms with van der Waals surface area (Å²) in [7, 11) is 0. The molecular formula is C13H9N7. The van der Waals surface area contributed by atoms with E-state index in [1.807, 2.05) is 6.07 Å². The third-order valence-electron chi connectivity index (χ3n) is 2.97. The molecule has 0 saturated heterocycles. The van der Waals surface area contributed by atoms with E-state index in [4.69, 9.17) is 0 Å². The summed E-state index contributed by atoms with van der Waals surface area (Å²) in [5.41, 5.74) is 1.70. The largest absolute Gasteiger partial charge is 0.338 e. The monoisotopic (exact) mass is 263 g/mol. The lowest BCUT2D eigenvalue weighted by Crippen LogP contribution is -1.99. The van der Waals surface area contributed by atoms with Crippen molar-refractivity contribution in [1.29, 1.82) is 0 Å². The predicted molar refractivity (Wildman–Crippen MR) is 74.5 cm³/mol. The van der Waals surface area contributed by atoms with Crippen LogP contribution in [0.3, 0.4) is 0 Å². The number of hydrogen-bond acceptors (Lipinski definition) is 6. The number of hydrogen-bond donors (Lipinski definition) is 2. The molecule has 96 valence electrons. The highest BCUT2D eigenvalue weighted by molar-refractivity contribution is 6.05. The first-order valence-corrected chi connectivity index (χ1v) is 6.03. The van der Waals surface area contributed by atoms with Gasteiger partial charge in [0, 0.05) is 29.4 Å². The first kappa shape index (κ1) is 10.8. The zero-order valence-electron chi connectivity index (χ0n) is 10.3. The lowest BCUT2D eigenvalue weighted by Gasteiger charge is -2.01. The van der Waals surface area contributed by atoms with E-state index in [0.29, 0.717) is 11.8 Å². The summed E-state index contributed by atoms with van der Waals surface area (Å²) in [5.74, 6) is 1.07. The molecule has 4 aromatic heterocycles. The van der Waals surface area contributed by atoms with Gasteiger partial charge in [0.15, 0.2) is 5.82 Å². The molecule has 7 heteroatoms. The van der Waals surface area contributed by atoms with E-state index in [1.165, 1.54) is 0 Å². The number of pyridine rings is 1. The van der Waals surface area contributed by atoms with Crippen LogP contribution in [0.2, 0.25) is 0 Å². The van der Waals surface area contributed by atoms with Crippen LogP contribution in [0.15, 0.2) is 43.0 Å². The van der Waals surface area contributed by atoms with Crippen molar-refractivity contribution in [3.8, 4) is 0 Å². The van der Waals surface area contributed by atoms with Gasteiger partial charge in [0.05, 0.1) is 11.7 Å². The molecule has 4 rings (SSSR count). The Morgan fingerprint density at radius 3 is 2.95 bits per heavy atom. The fourth-order valence-corrected chi connectivity index (χ4v) is 2.07. The van der Waals surface area contributed by atoms with E-state index in [0.717, 1.165) is 21.9 Å². The van der Waals surface area contributed by atoms with Gasteiger partial charge in [0.2, 0.25) is 5.95 Å². The Labute approximate surface area is 113 Å². The molecule has 0 aliphatic carbocycles. The van der Waals surface area contributed by atoms with Crippen LogP contribution < -0.4 is 5.32 Å². The lowest BCUT2D eigenvalue weighted by atomic mass is 10.2. The SMILES string of the molecule is c1cnnc(Nc2ncc3c(n2)[nH]c2cnccc23)c1. The molecule has 0 fully saturated rings. The predicted octanol–water partition coefficient (Wildman–Crippen LogP) is 2.04. The smallest absolute Gasteiger partial charge is 0.230 e. The highest BCUT2D eigenvalue weighted by atomic mass is 15.2. The molecular weight excluding hydrogens is 254 g/mol. The Balaban J connectivity index is 1.81. The van der Waals surface area contributed by atoms with Gasteiger partial charge in [0.1, 0.15) is 5.65 Å². The minimum atomic E-state index is 0.470. The molecule has 4 aromatic rings. The van der Waals surface area contributed by atoms with Gasteiger partial charge < -0.3 is 10.3 Å². The molecule has 2 N–H and O–H groups in total. The van der Waals surface area contributed by atoms with Crippen molar-refractivity contribution in [1.82, 2.24) is 30.1 Å². The van der Waals surface area contributed by atoms with Crippen molar-refractivity contribution in [2.75, 3.05) is 5.32 Å². The van der Waals surface area contributed by atoms with E-state index >= 15 is 0 Å². The van der Waals surface area contributed by atoms with E-state index in [-0.39, 0.29) is 0 Å². The van der Waals surface area contributed by atoms with Gasteiger partial charge in [-0.2, -0.15) is 10.1 Å². The average molecular weight is 263 g/mol. The number of nitrogens with zero attached hydrogens (tertiary/aromatic N) is 5. The Morgan fingerprint density at radius 2 is 2.05 bits per heavy atom. The van der Waals surface area contributed by atoms with Gasteiger partial charge in [-0.25, -0.2) is 4.98 Å². The molecule has 4 heterocycles. The number of anilines is 2. The Bertz CT molecular complexity index is 885. The quantitative estimate of drug-likeness (QED) is 0.575. The van der Waals surface area contributed by atoms with Crippen molar-refractivity contribution in [3.05, 3.63) is 43.0 Å². The second kappa shape index (κ2) is 4.23. The normalized spacial score (nSPS) is 11.0. The van der Waals surface area contributed by atoms with Crippen molar-refractivity contribution in [2.24, 2.45) is 0 Å². The molecule has 0 unspecified atom stereocenters. The van der Waals surface area contributed by atoms with Crippen LogP contribution in [0.5, 0.6) is 0 Å². The summed E-state index contributed by atoms with van der Waals surface area (Å²) in [6, 6.07) is 5.53. The summed E-state index contributed by atoms with van der Waals surface area (Å²) in [4.78, 5) is 16.0. The highest BCUT2D eigenvalue weighted by Gasteiger charge is 2.07. The zero-order chi connectivity index (χ0) is 13.4. The van der Waals surface area contributed by atoms with E-state index in [2.05, 4.69) is 35.5 Å². The van der Waals surface area contributed by atoms with Crippen LogP contribution in [-0.2, 0) is 0 Å². The number of aromatic nitrogens is 6. The van der Waals surface area contributed by atoms with Gasteiger partial charge in [-0.15, -0.1) is 5.10 Å². The molecule has 0 bridgehead atoms. The summed E-state index contributed by atoms with van der Waals surface area (Å²) >= 11 is 0. The molecule has 0 aliphatic rings. The van der Waals surface area contributed by atoms with E-state index in [9.17, 15) is 0 Å². The van der Waals surface area contributed by atoms with Gasteiger partial charge in [0.25, 0.3) is 0 Å². The first-order chi connectivity index (χ1) is 9.90. The zero-order valence-corrected chi connectivity index (χ0v) is 10.3. The molecule has 0 aromatic carbocycles. The fourth-order valence-electron chi connectivity index (χ4n) is 2.07. The third-order valence-corrected chi connectivity index (χ3v) is 2.97. The standard InChI is InChI=1S/C13H9N7/c1-2-11(20-16-4-1)18-13-15-6-9-8-3-5-14-7-10(8)17-12(9)19-13/h1-7H,(H2,15,17,18,19,20). The minimum absolute atomic E-state index is 0.470. The minimum Gasteiger partial charge on any atom is -0.338 e. The van der Waals surface area contributed by atoms with Crippen molar-refractivity contribution in [3.63, 3.8) is 0 Å². The Kier molecular flexibility index (Phi) is 2.28. The van der Waals surface area contributed by atoms with Gasteiger partial charge in [-0.1, -0.05) is 0 Å². The number of nitrogens with one attached hydrogen (secondary N) is 2. The van der Waals surface area contributed by atoms with Crippen molar-refractivity contribution in [2.45, 2.75) is 0 Å². The molecule has 0 radical (unpaired) electrons. The summed E-state index contributed by atoms with van der Waals surface area (Å²) in [6.45, 7) is 0.